The van der Waals surface area contributed by atoms with Gasteiger partial charge in [-0.3, -0.25) is 9.47 Å². The first-order valence-corrected chi connectivity index (χ1v) is 7.20. The third kappa shape index (κ3) is 2.26. The predicted molar refractivity (Wildman–Crippen MR) is 77.4 cm³/mol. The summed E-state index contributed by atoms with van der Waals surface area (Å²) in [7, 11) is 0. The fourth-order valence-electron chi connectivity index (χ4n) is 3.25. The van der Waals surface area contributed by atoms with Crippen molar-refractivity contribution in [3.05, 3.63) is 34.5 Å². The maximum absolute atomic E-state index is 13.4. The molecule has 1 fully saturated rings. The van der Waals surface area contributed by atoms with Gasteiger partial charge in [0, 0.05) is 18.6 Å². The number of nitrogens with zero attached hydrogens (tertiary/aromatic N) is 2. The SMILES string of the molecule is CC(C)N1CCCC1Cn1c(=O)[nH]c2ccc(F)cc21. The Kier molecular flexibility index (Phi) is 3.38. The maximum atomic E-state index is 13.4. The Morgan fingerprint density at radius 1 is 1.45 bits per heavy atom. The smallest absolute Gasteiger partial charge is 0.306 e. The molecule has 1 aromatic heterocycles. The van der Waals surface area contributed by atoms with Crippen LogP contribution >= 0.6 is 0 Å². The lowest BCUT2D eigenvalue weighted by Gasteiger charge is -2.28. The molecule has 1 unspecified atom stereocenters. The van der Waals surface area contributed by atoms with Gasteiger partial charge in [0.15, 0.2) is 0 Å². The Morgan fingerprint density at radius 2 is 2.25 bits per heavy atom. The van der Waals surface area contributed by atoms with Crippen molar-refractivity contribution in [2.24, 2.45) is 0 Å². The Balaban J connectivity index is 1.96. The van der Waals surface area contributed by atoms with Crippen LogP contribution in [-0.4, -0.2) is 33.1 Å². The van der Waals surface area contributed by atoms with Gasteiger partial charge in [-0.1, -0.05) is 0 Å². The van der Waals surface area contributed by atoms with E-state index < -0.39 is 0 Å². The first-order chi connectivity index (χ1) is 9.56. The molecule has 0 spiro atoms. The van der Waals surface area contributed by atoms with E-state index in [9.17, 15) is 9.18 Å². The standard InChI is InChI=1S/C15H20FN3O/c1-10(2)18-7-3-4-12(18)9-19-14-8-11(16)5-6-13(14)17-15(19)20/h5-6,8,10,12H,3-4,7,9H2,1-2H3,(H,17,20). The van der Waals surface area contributed by atoms with Crippen LogP contribution in [0.1, 0.15) is 26.7 Å². The first kappa shape index (κ1) is 13.4. The second-order valence-electron chi connectivity index (χ2n) is 5.83. The molecular weight excluding hydrogens is 257 g/mol. The molecule has 0 aliphatic carbocycles. The lowest BCUT2D eigenvalue weighted by atomic mass is 10.2. The topological polar surface area (TPSA) is 41.0 Å². The lowest BCUT2D eigenvalue weighted by Crippen LogP contribution is -2.39. The largest absolute Gasteiger partial charge is 0.326 e. The van der Waals surface area contributed by atoms with Crippen LogP contribution in [0.25, 0.3) is 11.0 Å². The minimum atomic E-state index is -0.308. The van der Waals surface area contributed by atoms with Crippen molar-refractivity contribution >= 4 is 11.0 Å². The lowest BCUT2D eigenvalue weighted by molar-refractivity contribution is 0.187. The van der Waals surface area contributed by atoms with E-state index in [0.29, 0.717) is 29.7 Å². The molecule has 1 aliphatic rings. The molecule has 1 aromatic carbocycles. The number of hydrogen-bond acceptors (Lipinski definition) is 2. The highest BCUT2D eigenvalue weighted by molar-refractivity contribution is 5.75. The molecule has 3 rings (SSSR count). The van der Waals surface area contributed by atoms with Crippen molar-refractivity contribution in [3.63, 3.8) is 0 Å². The molecule has 2 aromatic rings. The molecule has 0 bridgehead atoms. The van der Waals surface area contributed by atoms with E-state index in [1.54, 1.807) is 10.6 Å². The van der Waals surface area contributed by atoms with Gasteiger partial charge in [-0.15, -0.1) is 0 Å². The molecule has 20 heavy (non-hydrogen) atoms. The van der Waals surface area contributed by atoms with Crippen LogP contribution in [0.2, 0.25) is 0 Å². The summed E-state index contributed by atoms with van der Waals surface area (Å²) in [4.78, 5) is 17.3. The number of aromatic nitrogens is 2. The van der Waals surface area contributed by atoms with Crippen molar-refractivity contribution in [3.8, 4) is 0 Å². The number of hydrogen-bond donors (Lipinski definition) is 1. The summed E-state index contributed by atoms with van der Waals surface area (Å²) >= 11 is 0. The quantitative estimate of drug-likeness (QED) is 0.935. The molecule has 1 N–H and O–H groups in total. The third-order valence-corrected chi connectivity index (χ3v) is 4.22. The van der Waals surface area contributed by atoms with Gasteiger partial charge in [0.1, 0.15) is 5.82 Å². The minimum absolute atomic E-state index is 0.152. The minimum Gasteiger partial charge on any atom is -0.306 e. The van der Waals surface area contributed by atoms with Gasteiger partial charge in [0.05, 0.1) is 11.0 Å². The molecule has 0 amide bonds. The van der Waals surface area contributed by atoms with Gasteiger partial charge in [0.2, 0.25) is 0 Å². The summed E-state index contributed by atoms with van der Waals surface area (Å²) in [5.74, 6) is -0.308. The summed E-state index contributed by atoms with van der Waals surface area (Å²) in [6.07, 6.45) is 2.25. The number of H-pyrrole nitrogens is 1. The van der Waals surface area contributed by atoms with E-state index >= 15 is 0 Å². The van der Waals surface area contributed by atoms with Crippen LogP contribution in [0, 0.1) is 5.82 Å². The summed E-state index contributed by atoms with van der Waals surface area (Å²) in [6, 6.07) is 5.26. The molecule has 4 nitrogen and oxygen atoms in total. The average molecular weight is 277 g/mol. The van der Waals surface area contributed by atoms with Crippen LogP contribution in [0.4, 0.5) is 4.39 Å². The van der Waals surface area contributed by atoms with E-state index in [0.717, 1.165) is 19.4 Å². The van der Waals surface area contributed by atoms with Crippen LogP contribution in [0.3, 0.4) is 0 Å². The number of nitrogens with one attached hydrogen (secondary N) is 1. The molecular formula is C15H20FN3O. The number of aromatic amines is 1. The summed E-state index contributed by atoms with van der Waals surface area (Å²) in [6.45, 7) is 6.06. The Bertz CT molecular complexity index is 673. The molecule has 1 aliphatic heterocycles. The normalized spacial score (nSPS) is 20.3. The Labute approximate surface area is 117 Å². The molecule has 1 atom stereocenters. The molecule has 2 heterocycles. The number of rotatable bonds is 3. The van der Waals surface area contributed by atoms with Gasteiger partial charge in [0.25, 0.3) is 0 Å². The summed E-state index contributed by atoms with van der Waals surface area (Å²) in [5, 5.41) is 0. The Morgan fingerprint density at radius 3 is 3.00 bits per heavy atom. The van der Waals surface area contributed by atoms with Crippen molar-refractivity contribution in [2.75, 3.05) is 6.54 Å². The van der Waals surface area contributed by atoms with E-state index in [1.807, 2.05) is 0 Å². The molecule has 1 saturated heterocycles. The van der Waals surface area contributed by atoms with E-state index in [4.69, 9.17) is 0 Å². The molecule has 0 radical (unpaired) electrons. The van der Waals surface area contributed by atoms with Gasteiger partial charge in [-0.05, 0) is 51.4 Å². The highest BCUT2D eigenvalue weighted by Crippen LogP contribution is 2.22. The summed E-state index contributed by atoms with van der Waals surface area (Å²) < 4.78 is 15.1. The average Bonchev–Trinajstić information content (AvgIpc) is 2.96. The van der Waals surface area contributed by atoms with Crippen molar-refractivity contribution in [1.82, 2.24) is 14.5 Å². The molecule has 0 saturated carbocycles. The number of benzene rings is 1. The molecule has 5 heteroatoms. The number of fused-ring (bicyclic) bond motifs is 1. The first-order valence-electron chi connectivity index (χ1n) is 7.20. The monoisotopic (exact) mass is 277 g/mol. The van der Waals surface area contributed by atoms with Crippen LogP contribution in [0.15, 0.2) is 23.0 Å². The van der Waals surface area contributed by atoms with Crippen molar-refractivity contribution < 1.29 is 4.39 Å². The van der Waals surface area contributed by atoms with Crippen molar-refractivity contribution in [2.45, 2.75) is 45.3 Å². The zero-order valence-electron chi connectivity index (χ0n) is 11.9. The number of likely N-dealkylation sites (tertiary alicyclic amines) is 1. The van der Waals surface area contributed by atoms with E-state index in [1.165, 1.54) is 12.1 Å². The Hall–Kier alpha value is -1.62. The fourth-order valence-corrected chi connectivity index (χ4v) is 3.25. The second-order valence-corrected chi connectivity index (χ2v) is 5.83. The zero-order chi connectivity index (χ0) is 14.3. The van der Waals surface area contributed by atoms with Gasteiger partial charge >= 0.3 is 5.69 Å². The second kappa shape index (κ2) is 5.05. The highest BCUT2D eigenvalue weighted by Gasteiger charge is 2.27. The molecule has 108 valence electrons. The van der Waals surface area contributed by atoms with Crippen LogP contribution in [0.5, 0.6) is 0 Å². The predicted octanol–water partition coefficient (Wildman–Crippen LogP) is 2.34. The van der Waals surface area contributed by atoms with Gasteiger partial charge in [-0.25, -0.2) is 9.18 Å². The third-order valence-electron chi connectivity index (χ3n) is 4.22. The van der Waals surface area contributed by atoms with Gasteiger partial charge in [-0.2, -0.15) is 0 Å². The van der Waals surface area contributed by atoms with Gasteiger partial charge < -0.3 is 4.98 Å². The van der Waals surface area contributed by atoms with Crippen molar-refractivity contribution in [1.29, 1.82) is 0 Å². The fraction of sp³-hybridized carbons (Fsp3) is 0.533. The van der Waals surface area contributed by atoms with Crippen LogP contribution < -0.4 is 5.69 Å². The van der Waals surface area contributed by atoms with E-state index in [-0.39, 0.29) is 11.5 Å². The van der Waals surface area contributed by atoms with Crippen LogP contribution in [-0.2, 0) is 6.54 Å². The number of halogens is 1. The maximum Gasteiger partial charge on any atom is 0.326 e. The highest BCUT2D eigenvalue weighted by atomic mass is 19.1. The summed E-state index contributed by atoms with van der Waals surface area (Å²) in [5.41, 5.74) is 1.21. The zero-order valence-corrected chi connectivity index (χ0v) is 11.9. The van der Waals surface area contributed by atoms with E-state index in [2.05, 4.69) is 23.7 Å². The number of imidazole rings is 1.